The van der Waals surface area contributed by atoms with Crippen LogP contribution in [0.3, 0.4) is 0 Å². The van der Waals surface area contributed by atoms with E-state index in [0.29, 0.717) is 12.3 Å². The molecule has 0 aromatic heterocycles. The number of ether oxygens (including phenoxy) is 1. The number of nitrogens with zero attached hydrogens (tertiary/aromatic N) is 2. The molecule has 1 unspecified atom stereocenters. The van der Waals surface area contributed by atoms with Crippen LogP contribution >= 0.6 is 0 Å². The second kappa shape index (κ2) is 11.2. The van der Waals surface area contributed by atoms with E-state index in [0.717, 1.165) is 0 Å². The molecule has 0 aromatic carbocycles. The van der Waals surface area contributed by atoms with Gasteiger partial charge >= 0.3 is 146 Å². The van der Waals surface area contributed by atoms with Crippen molar-refractivity contribution in [2.24, 2.45) is 10.2 Å². The van der Waals surface area contributed by atoms with Gasteiger partial charge in [-0.25, -0.2) is 0 Å². The number of carbonyl (C=O) groups is 1. The first-order valence-electron chi connectivity index (χ1n) is 9.43. The molecule has 0 radical (unpaired) electrons. The standard InChI is InChI=1S/C6H7N2O2.3C4H9.Sn/c1-2-10-6(9)5-3-4-7-8-5;3*1-3-4-2;/h3-4H,2H2,1H3;3*1,3-4H2,2H3;. The second-order valence-electron chi connectivity index (χ2n) is 6.61. The summed E-state index contributed by atoms with van der Waals surface area (Å²) in [5, 5.41) is 8.77. The topological polar surface area (TPSA) is 51.0 Å². The van der Waals surface area contributed by atoms with E-state index in [9.17, 15) is 4.79 Å². The Morgan fingerprint density at radius 2 is 1.57 bits per heavy atom. The Labute approximate surface area is 146 Å². The van der Waals surface area contributed by atoms with Crippen LogP contribution in [0.25, 0.3) is 0 Å². The molecule has 0 aromatic rings. The van der Waals surface area contributed by atoms with Crippen LogP contribution in [0.15, 0.2) is 22.0 Å². The first kappa shape index (κ1) is 20.7. The number of azo groups is 1. The van der Waals surface area contributed by atoms with E-state index in [1.165, 1.54) is 51.8 Å². The summed E-state index contributed by atoms with van der Waals surface area (Å²) in [5.74, 6) is -0.305. The van der Waals surface area contributed by atoms with Crippen LogP contribution < -0.4 is 0 Å². The van der Waals surface area contributed by atoms with E-state index in [2.05, 4.69) is 37.1 Å². The van der Waals surface area contributed by atoms with E-state index in [-0.39, 0.29) is 10.0 Å². The quantitative estimate of drug-likeness (QED) is 0.297. The van der Waals surface area contributed by atoms with Gasteiger partial charge in [0.1, 0.15) is 0 Å². The molecule has 1 heterocycles. The molecule has 1 aliphatic heterocycles. The van der Waals surface area contributed by atoms with Gasteiger partial charge in [0.2, 0.25) is 0 Å². The van der Waals surface area contributed by atoms with Crippen LogP contribution in [0, 0.1) is 0 Å². The van der Waals surface area contributed by atoms with Gasteiger partial charge in [0.05, 0.1) is 0 Å². The van der Waals surface area contributed by atoms with E-state index < -0.39 is 18.4 Å². The first-order chi connectivity index (χ1) is 11.1. The molecule has 0 N–H and O–H groups in total. The van der Waals surface area contributed by atoms with Gasteiger partial charge in [0, 0.05) is 0 Å². The van der Waals surface area contributed by atoms with Crippen LogP contribution in [0.5, 0.6) is 0 Å². The number of carbonyl (C=O) groups excluding carboxylic acids is 1. The number of esters is 1. The van der Waals surface area contributed by atoms with Crippen molar-refractivity contribution in [1.82, 2.24) is 0 Å². The Hall–Kier alpha value is -0.391. The third-order valence-electron chi connectivity index (χ3n) is 4.80. The molecular formula is C18H34N2O2Sn. The molecule has 23 heavy (non-hydrogen) atoms. The van der Waals surface area contributed by atoms with Gasteiger partial charge in [-0.2, -0.15) is 0 Å². The number of unbranched alkanes of at least 4 members (excludes halogenated alkanes) is 3. The normalized spacial score (nSPS) is 17.4. The third-order valence-corrected chi connectivity index (χ3v) is 20.7. The van der Waals surface area contributed by atoms with Gasteiger partial charge in [0.15, 0.2) is 0 Å². The fraction of sp³-hybridized carbons (Fsp3) is 0.833. The van der Waals surface area contributed by atoms with Gasteiger partial charge < -0.3 is 0 Å². The number of rotatable bonds is 12. The summed E-state index contributed by atoms with van der Waals surface area (Å²) in [7, 11) is 0. The molecule has 0 amide bonds. The molecule has 0 saturated heterocycles. The molecule has 132 valence electrons. The van der Waals surface area contributed by atoms with Gasteiger partial charge in [-0.3, -0.25) is 0 Å². The molecule has 1 atom stereocenters. The Bertz CT molecular complexity index is 399. The minimum absolute atomic E-state index is 0.244. The molecule has 0 bridgehead atoms. The van der Waals surface area contributed by atoms with Crippen molar-refractivity contribution in [3.63, 3.8) is 0 Å². The predicted octanol–water partition coefficient (Wildman–Crippen LogP) is 5.66. The third kappa shape index (κ3) is 6.20. The molecule has 0 fully saturated rings. The van der Waals surface area contributed by atoms with Crippen molar-refractivity contribution in [3.8, 4) is 0 Å². The minimum atomic E-state index is -2.47. The number of hydrogen-bond acceptors (Lipinski definition) is 4. The maximum atomic E-state index is 11.9. The molecular weight excluding hydrogens is 395 g/mol. The molecule has 1 aliphatic rings. The van der Waals surface area contributed by atoms with E-state index in [4.69, 9.17) is 4.74 Å². The molecule has 1 rings (SSSR count). The fourth-order valence-electron chi connectivity index (χ4n) is 3.36. The fourth-order valence-corrected chi connectivity index (χ4v) is 19.4. The van der Waals surface area contributed by atoms with Gasteiger partial charge in [-0.1, -0.05) is 0 Å². The van der Waals surface area contributed by atoms with Crippen LogP contribution in [0.1, 0.15) is 66.2 Å². The molecule has 4 nitrogen and oxygen atoms in total. The summed E-state index contributed by atoms with van der Waals surface area (Å²) in [4.78, 5) is 11.9. The summed E-state index contributed by atoms with van der Waals surface area (Å²) in [6.45, 7) is 9.03. The van der Waals surface area contributed by atoms with Crippen molar-refractivity contribution < 1.29 is 9.53 Å². The van der Waals surface area contributed by atoms with Crippen LogP contribution in [-0.2, 0) is 9.53 Å². The van der Waals surface area contributed by atoms with Gasteiger partial charge in [-0.05, 0) is 0 Å². The predicted molar refractivity (Wildman–Crippen MR) is 98.3 cm³/mol. The molecule has 5 heteroatoms. The number of hydrogen-bond donors (Lipinski definition) is 0. The van der Waals surface area contributed by atoms with Gasteiger partial charge in [0.25, 0.3) is 0 Å². The first-order valence-corrected chi connectivity index (χ1v) is 17.1. The van der Waals surface area contributed by atoms with Crippen molar-refractivity contribution >= 4 is 24.3 Å². The summed E-state index contributed by atoms with van der Waals surface area (Å²) < 4.78 is 9.47. The average Bonchev–Trinajstić information content (AvgIpc) is 3.05. The summed E-state index contributed by atoms with van der Waals surface area (Å²) in [5.41, 5.74) is 0.447. The van der Waals surface area contributed by atoms with Crippen LogP contribution in [0.4, 0.5) is 0 Å². The van der Waals surface area contributed by atoms with Crippen LogP contribution in [-0.4, -0.2) is 35.0 Å². The zero-order valence-electron chi connectivity index (χ0n) is 15.4. The molecule has 0 aliphatic carbocycles. The van der Waals surface area contributed by atoms with Crippen LogP contribution in [0.2, 0.25) is 13.3 Å². The summed E-state index contributed by atoms with van der Waals surface area (Å²) >= 11 is -2.47. The Morgan fingerprint density at radius 3 is 2.00 bits per heavy atom. The zero-order chi connectivity index (χ0) is 17.1. The van der Waals surface area contributed by atoms with E-state index in [1.54, 1.807) is 0 Å². The van der Waals surface area contributed by atoms with Crippen molar-refractivity contribution in [3.05, 3.63) is 11.8 Å². The molecule has 0 spiro atoms. The SMILES string of the molecule is CCC[CH2][Sn]([CH2]CCC)([CH2]CCC)[CH]1C=C(C(=O)OCC)N=N1. The summed E-state index contributed by atoms with van der Waals surface area (Å²) in [6, 6.07) is 0. The van der Waals surface area contributed by atoms with E-state index in [1.807, 2.05) is 6.92 Å². The Kier molecular flexibility index (Phi) is 10.1. The van der Waals surface area contributed by atoms with Crippen molar-refractivity contribution in [2.45, 2.75) is 83.6 Å². The molecule has 0 saturated carbocycles. The van der Waals surface area contributed by atoms with Gasteiger partial charge in [-0.15, -0.1) is 0 Å². The Morgan fingerprint density at radius 1 is 1.04 bits per heavy atom. The van der Waals surface area contributed by atoms with Crippen molar-refractivity contribution in [1.29, 1.82) is 0 Å². The second-order valence-corrected chi connectivity index (χ2v) is 20.4. The average molecular weight is 429 g/mol. The Balaban J connectivity index is 2.96. The van der Waals surface area contributed by atoms with E-state index >= 15 is 0 Å². The zero-order valence-corrected chi connectivity index (χ0v) is 18.3. The maximum absolute atomic E-state index is 11.9. The van der Waals surface area contributed by atoms with Crippen molar-refractivity contribution in [2.75, 3.05) is 6.61 Å². The monoisotopic (exact) mass is 430 g/mol. The summed E-state index contributed by atoms with van der Waals surface area (Å²) in [6.07, 6.45) is 9.70.